The fourth-order valence-electron chi connectivity index (χ4n) is 1.74. The first-order valence-corrected chi connectivity index (χ1v) is 5.10. The Morgan fingerprint density at radius 2 is 2.40 bits per heavy atom. The Kier molecular flexibility index (Phi) is 2.94. The summed E-state index contributed by atoms with van der Waals surface area (Å²) in [6.45, 7) is 2.13. The summed E-state index contributed by atoms with van der Waals surface area (Å²) >= 11 is 0. The SMILES string of the molecule is CCCC(NN)c1cnn2ccncc12. The van der Waals surface area contributed by atoms with Gasteiger partial charge in [-0.1, -0.05) is 13.3 Å². The molecule has 5 heteroatoms. The first-order valence-electron chi connectivity index (χ1n) is 5.10. The van der Waals surface area contributed by atoms with Crippen LogP contribution < -0.4 is 11.3 Å². The van der Waals surface area contributed by atoms with Crippen LogP contribution in [0.1, 0.15) is 31.4 Å². The molecule has 1 atom stereocenters. The summed E-state index contributed by atoms with van der Waals surface area (Å²) in [5, 5.41) is 4.25. The van der Waals surface area contributed by atoms with E-state index in [1.807, 2.05) is 23.1 Å². The molecule has 5 nitrogen and oxygen atoms in total. The number of hydrogen-bond acceptors (Lipinski definition) is 4. The van der Waals surface area contributed by atoms with Crippen LogP contribution in [0.2, 0.25) is 0 Å². The largest absolute Gasteiger partial charge is 0.271 e. The number of rotatable bonds is 4. The number of nitrogens with two attached hydrogens (primary N) is 1. The van der Waals surface area contributed by atoms with E-state index in [0.29, 0.717) is 0 Å². The standard InChI is InChI=1S/C10H15N5/c1-2-3-9(14-11)8-6-13-15-5-4-12-7-10(8)15/h4-7,9,14H,2-3,11H2,1H3. The van der Waals surface area contributed by atoms with Crippen LogP contribution in [-0.4, -0.2) is 14.6 Å². The minimum Gasteiger partial charge on any atom is -0.271 e. The number of nitrogens with zero attached hydrogens (tertiary/aromatic N) is 3. The van der Waals surface area contributed by atoms with E-state index >= 15 is 0 Å². The van der Waals surface area contributed by atoms with E-state index in [4.69, 9.17) is 5.84 Å². The van der Waals surface area contributed by atoms with Crippen molar-refractivity contribution >= 4 is 5.52 Å². The average Bonchev–Trinajstić information content (AvgIpc) is 2.70. The molecule has 0 saturated heterocycles. The van der Waals surface area contributed by atoms with Crippen molar-refractivity contribution in [3.63, 3.8) is 0 Å². The van der Waals surface area contributed by atoms with Gasteiger partial charge in [-0.15, -0.1) is 0 Å². The third-order valence-electron chi connectivity index (χ3n) is 2.51. The predicted octanol–water partition coefficient (Wildman–Crippen LogP) is 1.03. The number of fused-ring (bicyclic) bond motifs is 1. The molecular weight excluding hydrogens is 190 g/mol. The van der Waals surface area contributed by atoms with Crippen LogP contribution >= 0.6 is 0 Å². The summed E-state index contributed by atoms with van der Waals surface area (Å²) in [4.78, 5) is 4.09. The fourth-order valence-corrected chi connectivity index (χ4v) is 1.74. The van der Waals surface area contributed by atoms with E-state index in [1.54, 1.807) is 6.20 Å². The molecule has 2 aromatic heterocycles. The van der Waals surface area contributed by atoms with E-state index in [1.165, 1.54) is 0 Å². The zero-order valence-electron chi connectivity index (χ0n) is 8.72. The summed E-state index contributed by atoms with van der Waals surface area (Å²) in [6.07, 6.45) is 9.27. The molecule has 80 valence electrons. The van der Waals surface area contributed by atoms with Gasteiger partial charge in [-0.3, -0.25) is 16.3 Å². The van der Waals surface area contributed by atoms with E-state index in [-0.39, 0.29) is 6.04 Å². The normalized spacial score (nSPS) is 13.2. The van der Waals surface area contributed by atoms with Crippen LogP contribution in [0.15, 0.2) is 24.8 Å². The smallest absolute Gasteiger partial charge is 0.0893 e. The predicted molar refractivity (Wildman–Crippen MR) is 58.0 cm³/mol. The van der Waals surface area contributed by atoms with Gasteiger partial charge in [0.15, 0.2) is 0 Å². The van der Waals surface area contributed by atoms with Crippen LogP contribution in [0.5, 0.6) is 0 Å². The second kappa shape index (κ2) is 4.37. The first kappa shape index (κ1) is 10.1. The Morgan fingerprint density at radius 3 is 3.13 bits per heavy atom. The highest BCUT2D eigenvalue weighted by Gasteiger charge is 2.13. The lowest BCUT2D eigenvalue weighted by molar-refractivity contribution is 0.513. The van der Waals surface area contributed by atoms with Crippen LogP contribution in [0.3, 0.4) is 0 Å². The molecule has 0 aliphatic heterocycles. The maximum atomic E-state index is 5.53. The van der Waals surface area contributed by atoms with Crippen molar-refractivity contribution in [1.29, 1.82) is 0 Å². The van der Waals surface area contributed by atoms with Crippen molar-refractivity contribution in [3.05, 3.63) is 30.4 Å². The second-order valence-electron chi connectivity index (χ2n) is 3.51. The van der Waals surface area contributed by atoms with E-state index in [2.05, 4.69) is 22.4 Å². The van der Waals surface area contributed by atoms with Crippen LogP contribution in [0, 0.1) is 0 Å². The van der Waals surface area contributed by atoms with Crippen molar-refractivity contribution in [3.8, 4) is 0 Å². The molecule has 0 spiro atoms. The third-order valence-corrected chi connectivity index (χ3v) is 2.51. The van der Waals surface area contributed by atoms with Gasteiger partial charge in [0, 0.05) is 24.0 Å². The molecule has 0 aliphatic rings. The zero-order chi connectivity index (χ0) is 10.7. The highest BCUT2D eigenvalue weighted by molar-refractivity contribution is 5.53. The van der Waals surface area contributed by atoms with Crippen molar-refractivity contribution in [2.45, 2.75) is 25.8 Å². The summed E-state index contributed by atoms with van der Waals surface area (Å²) in [5.74, 6) is 5.53. The molecule has 1 unspecified atom stereocenters. The molecular formula is C10H15N5. The van der Waals surface area contributed by atoms with Gasteiger partial charge in [0.2, 0.25) is 0 Å². The van der Waals surface area contributed by atoms with Crippen LogP contribution in [0.4, 0.5) is 0 Å². The lowest BCUT2D eigenvalue weighted by atomic mass is 10.1. The number of aromatic nitrogens is 3. The molecule has 2 rings (SSSR count). The summed E-state index contributed by atoms with van der Waals surface area (Å²) in [6, 6.07) is 0.150. The zero-order valence-corrected chi connectivity index (χ0v) is 8.72. The van der Waals surface area contributed by atoms with Gasteiger partial charge in [0.05, 0.1) is 17.9 Å². The van der Waals surface area contributed by atoms with Gasteiger partial charge >= 0.3 is 0 Å². The summed E-state index contributed by atoms with van der Waals surface area (Å²) in [7, 11) is 0. The topological polar surface area (TPSA) is 68.2 Å². The fraction of sp³-hybridized carbons (Fsp3) is 0.400. The Labute approximate surface area is 88.3 Å². The quantitative estimate of drug-likeness (QED) is 0.578. The minimum absolute atomic E-state index is 0.150. The molecule has 2 heterocycles. The first-order chi connectivity index (χ1) is 7.36. The highest BCUT2D eigenvalue weighted by Crippen LogP contribution is 2.21. The number of hydrazine groups is 1. The van der Waals surface area contributed by atoms with Gasteiger partial charge < -0.3 is 0 Å². The van der Waals surface area contributed by atoms with E-state index in [0.717, 1.165) is 23.9 Å². The molecule has 0 aromatic carbocycles. The van der Waals surface area contributed by atoms with Gasteiger partial charge in [0.1, 0.15) is 0 Å². The molecule has 0 bridgehead atoms. The lowest BCUT2D eigenvalue weighted by Crippen LogP contribution is -2.27. The molecule has 15 heavy (non-hydrogen) atoms. The molecule has 0 radical (unpaired) electrons. The van der Waals surface area contributed by atoms with Crippen molar-refractivity contribution in [2.75, 3.05) is 0 Å². The van der Waals surface area contributed by atoms with Gasteiger partial charge in [-0.05, 0) is 6.42 Å². The molecule has 0 saturated carbocycles. The van der Waals surface area contributed by atoms with Crippen LogP contribution in [-0.2, 0) is 0 Å². The monoisotopic (exact) mass is 205 g/mol. The Hall–Kier alpha value is -1.46. The van der Waals surface area contributed by atoms with E-state index in [9.17, 15) is 0 Å². The van der Waals surface area contributed by atoms with Crippen LogP contribution in [0.25, 0.3) is 5.52 Å². The Balaban J connectivity index is 2.41. The minimum atomic E-state index is 0.150. The van der Waals surface area contributed by atoms with Crippen molar-refractivity contribution < 1.29 is 0 Å². The third kappa shape index (κ3) is 1.84. The van der Waals surface area contributed by atoms with Gasteiger partial charge in [0.25, 0.3) is 0 Å². The summed E-state index contributed by atoms with van der Waals surface area (Å²) < 4.78 is 1.81. The highest BCUT2D eigenvalue weighted by atomic mass is 15.3. The van der Waals surface area contributed by atoms with Crippen molar-refractivity contribution in [2.24, 2.45) is 5.84 Å². The Morgan fingerprint density at radius 1 is 1.53 bits per heavy atom. The Bertz CT molecular complexity index is 436. The van der Waals surface area contributed by atoms with E-state index < -0.39 is 0 Å². The molecule has 0 aliphatic carbocycles. The lowest BCUT2D eigenvalue weighted by Gasteiger charge is -2.13. The summed E-state index contributed by atoms with van der Waals surface area (Å²) in [5.41, 5.74) is 4.93. The van der Waals surface area contributed by atoms with Gasteiger partial charge in [-0.2, -0.15) is 5.10 Å². The second-order valence-corrected chi connectivity index (χ2v) is 3.51. The maximum Gasteiger partial charge on any atom is 0.0893 e. The average molecular weight is 205 g/mol. The molecule has 0 fully saturated rings. The molecule has 2 aromatic rings. The molecule has 3 N–H and O–H groups in total. The molecule has 0 amide bonds. The maximum absolute atomic E-state index is 5.53. The number of nitrogens with one attached hydrogen (secondary N) is 1. The number of hydrogen-bond donors (Lipinski definition) is 2. The van der Waals surface area contributed by atoms with Gasteiger partial charge in [-0.25, -0.2) is 4.52 Å². The van der Waals surface area contributed by atoms with Crippen molar-refractivity contribution in [1.82, 2.24) is 20.0 Å².